The number of halogens is 1. The molecule has 1 heterocycles. The number of hydrogen-bond donors (Lipinski definition) is 2. The van der Waals surface area contributed by atoms with Crippen LogP contribution in [0.3, 0.4) is 0 Å². The molecule has 7 heteroatoms. The lowest BCUT2D eigenvalue weighted by Gasteiger charge is -2.10. The van der Waals surface area contributed by atoms with Gasteiger partial charge in [-0.3, -0.25) is 10.0 Å². The zero-order valence-electron chi connectivity index (χ0n) is 15.7. The Morgan fingerprint density at radius 2 is 1.89 bits per heavy atom. The highest BCUT2D eigenvalue weighted by atomic mass is 35.5. The number of carbonyl (C=O) groups excluding carboxylic acids is 1. The second kappa shape index (κ2) is 8.91. The molecule has 0 saturated heterocycles. The Morgan fingerprint density at radius 3 is 2.46 bits per heavy atom. The van der Waals surface area contributed by atoms with Crippen molar-refractivity contribution in [1.29, 1.82) is 0 Å². The molecule has 1 unspecified atom stereocenters. The Balaban J connectivity index is 2.08. The molecule has 0 radical (unpaired) electrons. The van der Waals surface area contributed by atoms with E-state index in [1.807, 2.05) is 66.2 Å². The summed E-state index contributed by atoms with van der Waals surface area (Å²) in [5.41, 5.74) is 5.21. The van der Waals surface area contributed by atoms with Crippen LogP contribution in [-0.2, 0) is 4.79 Å². The van der Waals surface area contributed by atoms with Gasteiger partial charge < -0.3 is 4.74 Å². The van der Waals surface area contributed by atoms with Crippen molar-refractivity contribution in [2.45, 2.75) is 25.7 Å². The van der Waals surface area contributed by atoms with Gasteiger partial charge in [0.25, 0.3) is 0 Å². The van der Waals surface area contributed by atoms with E-state index in [2.05, 4.69) is 0 Å². The van der Waals surface area contributed by atoms with Crippen LogP contribution in [0.15, 0.2) is 54.6 Å². The number of rotatable bonds is 7. The van der Waals surface area contributed by atoms with Gasteiger partial charge >= 0.3 is 0 Å². The predicted octanol–water partition coefficient (Wildman–Crippen LogP) is 4.59. The van der Waals surface area contributed by atoms with Crippen molar-refractivity contribution in [3.63, 3.8) is 0 Å². The first kappa shape index (κ1) is 19.9. The molecule has 1 amide bonds. The maximum Gasteiger partial charge on any atom is 0.244 e. The molecule has 3 aromatic rings. The van der Waals surface area contributed by atoms with E-state index in [-0.39, 0.29) is 12.3 Å². The van der Waals surface area contributed by atoms with E-state index < -0.39 is 5.91 Å². The summed E-state index contributed by atoms with van der Waals surface area (Å²) in [5.74, 6) is 0.215. The third kappa shape index (κ3) is 4.35. The fourth-order valence-electron chi connectivity index (χ4n) is 3.07. The van der Waals surface area contributed by atoms with E-state index in [0.717, 1.165) is 28.4 Å². The van der Waals surface area contributed by atoms with E-state index in [4.69, 9.17) is 26.6 Å². The molecule has 0 fully saturated rings. The number of hydroxylamine groups is 1. The molecule has 0 spiro atoms. The van der Waals surface area contributed by atoms with Gasteiger partial charge in [0, 0.05) is 22.9 Å². The van der Waals surface area contributed by atoms with Crippen LogP contribution in [0.25, 0.3) is 16.9 Å². The van der Waals surface area contributed by atoms with Gasteiger partial charge in [-0.1, -0.05) is 30.7 Å². The number of ether oxygens (including phenoxy) is 1. The highest BCUT2D eigenvalue weighted by Crippen LogP contribution is 2.31. The average molecular weight is 400 g/mol. The smallest absolute Gasteiger partial charge is 0.244 e. The molecule has 1 atom stereocenters. The van der Waals surface area contributed by atoms with Gasteiger partial charge in [-0.05, 0) is 48.9 Å². The minimum Gasteiger partial charge on any atom is -0.497 e. The number of methoxy groups -OCH3 is 1. The topological polar surface area (TPSA) is 76.4 Å². The van der Waals surface area contributed by atoms with Crippen LogP contribution in [-0.4, -0.2) is 28.0 Å². The highest BCUT2D eigenvalue weighted by Gasteiger charge is 2.20. The van der Waals surface area contributed by atoms with Gasteiger partial charge in [0.05, 0.1) is 24.2 Å². The van der Waals surface area contributed by atoms with E-state index in [9.17, 15) is 4.79 Å². The summed E-state index contributed by atoms with van der Waals surface area (Å²) < 4.78 is 7.08. The van der Waals surface area contributed by atoms with Crippen LogP contribution in [0.5, 0.6) is 5.75 Å². The third-order valence-corrected chi connectivity index (χ3v) is 4.90. The van der Waals surface area contributed by atoms with E-state index in [1.165, 1.54) is 0 Å². The first-order chi connectivity index (χ1) is 13.5. The van der Waals surface area contributed by atoms with Crippen LogP contribution in [0, 0.1) is 0 Å². The van der Waals surface area contributed by atoms with Gasteiger partial charge in [0.15, 0.2) is 0 Å². The standard InChI is InChI=1S/C21H22ClN3O3/c1-3-14(12-21(26)24-27)19-13-20(15-4-6-16(22)7-5-15)25(23-19)17-8-10-18(28-2)11-9-17/h4-11,13-14,27H,3,12H2,1-2H3,(H,24,26). The van der Waals surface area contributed by atoms with Crippen LogP contribution in [0.2, 0.25) is 5.02 Å². The Hall–Kier alpha value is -2.83. The molecule has 0 bridgehead atoms. The van der Waals surface area contributed by atoms with Crippen molar-refractivity contribution in [2.24, 2.45) is 0 Å². The largest absolute Gasteiger partial charge is 0.497 e. The summed E-state index contributed by atoms with van der Waals surface area (Å²) in [5, 5.41) is 14.3. The fraction of sp³-hybridized carbons (Fsp3) is 0.238. The summed E-state index contributed by atoms with van der Waals surface area (Å²) >= 11 is 6.04. The first-order valence-electron chi connectivity index (χ1n) is 8.99. The molecule has 28 heavy (non-hydrogen) atoms. The molecule has 146 valence electrons. The lowest BCUT2D eigenvalue weighted by Crippen LogP contribution is -2.21. The molecular formula is C21H22ClN3O3. The third-order valence-electron chi connectivity index (χ3n) is 4.65. The second-order valence-corrected chi connectivity index (χ2v) is 6.85. The van der Waals surface area contributed by atoms with Crippen molar-refractivity contribution in [1.82, 2.24) is 15.3 Å². The second-order valence-electron chi connectivity index (χ2n) is 6.42. The normalized spacial score (nSPS) is 11.9. The summed E-state index contributed by atoms with van der Waals surface area (Å²) in [7, 11) is 1.62. The Bertz CT molecular complexity index is 937. The number of nitrogens with zero attached hydrogens (tertiary/aromatic N) is 2. The Morgan fingerprint density at radius 1 is 1.21 bits per heavy atom. The summed E-state index contributed by atoms with van der Waals surface area (Å²) in [6.07, 6.45) is 0.875. The van der Waals surface area contributed by atoms with Gasteiger partial charge in [0.2, 0.25) is 5.91 Å². The van der Waals surface area contributed by atoms with Crippen molar-refractivity contribution in [2.75, 3.05) is 7.11 Å². The molecule has 2 N–H and O–H groups in total. The monoisotopic (exact) mass is 399 g/mol. The van der Waals surface area contributed by atoms with Crippen LogP contribution in [0.1, 0.15) is 31.4 Å². The van der Waals surface area contributed by atoms with Gasteiger partial charge in [0.1, 0.15) is 5.75 Å². The molecule has 0 aliphatic rings. The van der Waals surface area contributed by atoms with Crippen molar-refractivity contribution >= 4 is 17.5 Å². The van der Waals surface area contributed by atoms with Crippen LogP contribution < -0.4 is 10.2 Å². The fourth-order valence-corrected chi connectivity index (χ4v) is 3.20. The quantitative estimate of drug-likeness (QED) is 0.450. The van der Waals surface area contributed by atoms with Crippen molar-refractivity contribution in [3.8, 4) is 22.7 Å². The molecule has 6 nitrogen and oxygen atoms in total. The zero-order chi connectivity index (χ0) is 20.1. The Kier molecular flexibility index (Phi) is 6.34. The maximum absolute atomic E-state index is 11.7. The summed E-state index contributed by atoms with van der Waals surface area (Å²) in [6.45, 7) is 1.99. The molecular weight excluding hydrogens is 378 g/mol. The molecule has 3 rings (SSSR count). The maximum atomic E-state index is 11.7. The van der Waals surface area contributed by atoms with Crippen LogP contribution >= 0.6 is 11.6 Å². The minimum atomic E-state index is -0.432. The summed E-state index contributed by atoms with van der Waals surface area (Å²) in [6, 6.07) is 17.1. The number of nitrogens with one attached hydrogen (secondary N) is 1. The SMILES string of the molecule is CCC(CC(=O)NO)c1cc(-c2ccc(Cl)cc2)n(-c2ccc(OC)cc2)n1. The average Bonchev–Trinajstić information content (AvgIpc) is 3.17. The number of aromatic nitrogens is 2. The van der Waals surface area contributed by atoms with Gasteiger partial charge in [-0.15, -0.1) is 0 Å². The molecule has 2 aromatic carbocycles. The zero-order valence-corrected chi connectivity index (χ0v) is 16.5. The number of amides is 1. The summed E-state index contributed by atoms with van der Waals surface area (Å²) in [4.78, 5) is 11.7. The first-order valence-corrected chi connectivity index (χ1v) is 9.36. The predicted molar refractivity (Wildman–Crippen MR) is 108 cm³/mol. The lowest BCUT2D eigenvalue weighted by molar-refractivity contribution is -0.129. The molecule has 0 saturated carbocycles. The van der Waals surface area contributed by atoms with Gasteiger partial charge in [-0.2, -0.15) is 5.10 Å². The van der Waals surface area contributed by atoms with Crippen LogP contribution in [0.4, 0.5) is 0 Å². The Labute approximate surface area is 168 Å². The molecule has 0 aliphatic carbocycles. The number of benzene rings is 2. The van der Waals surface area contributed by atoms with Crippen molar-refractivity contribution in [3.05, 3.63) is 65.3 Å². The van der Waals surface area contributed by atoms with Gasteiger partial charge in [-0.25, -0.2) is 10.2 Å². The number of carbonyl (C=O) groups is 1. The molecule has 0 aliphatic heterocycles. The van der Waals surface area contributed by atoms with E-state index in [1.54, 1.807) is 12.6 Å². The minimum absolute atomic E-state index is 0.113. The molecule has 1 aromatic heterocycles. The van der Waals surface area contributed by atoms with E-state index in [0.29, 0.717) is 11.4 Å². The highest BCUT2D eigenvalue weighted by molar-refractivity contribution is 6.30. The number of hydrogen-bond acceptors (Lipinski definition) is 4. The lowest BCUT2D eigenvalue weighted by atomic mass is 9.97. The van der Waals surface area contributed by atoms with E-state index >= 15 is 0 Å². The van der Waals surface area contributed by atoms with Crippen molar-refractivity contribution < 1.29 is 14.7 Å².